The predicted octanol–water partition coefficient (Wildman–Crippen LogP) is 0.713. The molecule has 0 saturated carbocycles. The van der Waals surface area contributed by atoms with Crippen molar-refractivity contribution < 1.29 is 0 Å². The van der Waals surface area contributed by atoms with Gasteiger partial charge in [0.1, 0.15) is 0 Å². The van der Waals surface area contributed by atoms with Gasteiger partial charge in [-0.3, -0.25) is 4.68 Å². The second-order valence-electron chi connectivity index (χ2n) is 3.30. The molecule has 0 bridgehead atoms. The maximum Gasteiger partial charge on any atom is 0.240 e. The summed E-state index contributed by atoms with van der Waals surface area (Å²) in [5.41, 5.74) is 7.52. The lowest BCUT2D eigenvalue weighted by atomic mass is 10.4. The fraction of sp³-hybridized carbons (Fsp3) is 0.375. The van der Waals surface area contributed by atoms with Crippen LogP contribution in [0.2, 0.25) is 0 Å². The van der Waals surface area contributed by atoms with Crippen molar-refractivity contribution in [1.29, 1.82) is 0 Å². The summed E-state index contributed by atoms with van der Waals surface area (Å²) >= 11 is 3.29. The van der Waals surface area contributed by atoms with E-state index in [1.54, 1.807) is 4.68 Å². The Morgan fingerprint density at radius 2 is 2.20 bits per heavy atom. The van der Waals surface area contributed by atoms with Gasteiger partial charge in [0.15, 0.2) is 4.73 Å². The third kappa shape index (κ3) is 2.01. The molecule has 0 aliphatic carbocycles. The van der Waals surface area contributed by atoms with Gasteiger partial charge in [-0.25, -0.2) is 4.68 Å². The second kappa shape index (κ2) is 3.65. The Bertz CT molecular complexity index is 441. The molecule has 0 unspecified atom stereocenters. The second-order valence-corrected chi connectivity index (χ2v) is 4.01. The normalized spacial score (nSPS) is 10.9. The molecule has 7 heteroatoms. The van der Waals surface area contributed by atoms with E-state index in [1.165, 1.54) is 0 Å². The van der Waals surface area contributed by atoms with Crippen molar-refractivity contribution in [3.05, 3.63) is 22.2 Å². The molecule has 2 rings (SSSR count). The van der Waals surface area contributed by atoms with Crippen molar-refractivity contribution >= 4 is 21.9 Å². The molecule has 2 N–H and O–H groups in total. The number of nitrogen functional groups attached to an aromatic ring is 1. The highest BCUT2D eigenvalue weighted by atomic mass is 79.9. The number of hydrogen-bond acceptors (Lipinski definition) is 4. The maximum atomic E-state index is 5.48. The smallest absolute Gasteiger partial charge is 0.240 e. The fourth-order valence-corrected chi connectivity index (χ4v) is 1.79. The summed E-state index contributed by atoms with van der Waals surface area (Å²) in [6, 6.07) is 2.00. The van der Waals surface area contributed by atoms with Crippen molar-refractivity contribution in [3.8, 4) is 0 Å². The van der Waals surface area contributed by atoms with Gasteiger partial charge in [0.2, 0.25) is 5.95 Å². The number of halogens is 1. The molecule has 2 aromatic heterocycles. The van der Waals surface area contributed by atoms with Crippen LogP contribution in [0.4, 0.5) is 5.95 Å². The Labute approximate surface area is 95.2 Å². The molecular weight excluding hydrogens is 260 g/mol. The largest absolute Gasteiger partial charge is 0.366 e. The van der Waals surface area contributed by atoms with E-state index >= 15 is 0 Å². The van der Waals surface area contributed by atoms with Gasteiger partial charge in [-0.05, 0) is 28.9 Å². The monoisotopic (exact) mass is 270 g/mol. The van der Waals surface area contributed by atoms with Crippen LogP contribution in [-0.4, -0.2) is 24.5 Å². The Hall–Kier alpha value is -1.37. The first-order valence-corrected chi connectivity index (χ1v) is 5.21. The predicted molar refractivity (Wildman–Crippen MR) is 59.2 cm³/mol. The third-order valence-corrected chi connectivity index (χ3v) is 2.64. The number of aryl methyl sites for hydroxylation is 2. The summed E-state index contributed by atoms with van der Waals surface area (Å²) in [5.74, 6) is 0.265. The van der Waals surface area contributed by atoms with E-state index < -0.39 is 0 Å². The van der Waals surface area contributed by atoms with E-state index in [-0.39, 0.29) is 5.95 Å². The lowest BCUT2D eigenvalue weighted by molar-refractivity contribution is 0.609. The van der Waals surface area contributed by atoms with E-state index in [9.17, 15) is 0 Å². The van der Waals surface area contributed by atoms with Crippen molar-refractivity contribution in [2.75, 3.05) is 5.73 Å². The molecule has 0 atom stereocenters. The number of rotatable bonds is 2. The van der Waals surface area contributed by atoms with Gasteiger partial charge >= 0.3 is 0 Å². The van der Waals surface area contributed by atoms with Crippen LogP contribution in [0.3, 0.4) is 0 Å². The van der Waals surface area contributed by atoms with E-state index in [2.05, 4.69) is 31.1 Å². The number of nitrogens with zero attached hydrogens (tertiary/aromatic N) is 5. The molecule has 0 spiro atoms. The standard InChI is InChI=1S/C8H11BrN6/c1-5-3-6(14(2)12-5)4-15-7(9)11-8(10)13-15/h3H,4H2,1-2H3,(H2,10,13). The summed E-state index contributed by atoms with van der Waals surface area (Å²) in [6.07, 6.45) is 0. The molecular formula is C8H11BrN6. The van der Waals surface area contributed by atoms with Crippen LogP contribution in [-0.2, 0) is 13.6 Å². The molecule has 0 radical (unpaired) electrons. The van der Waals surface area contributed by atoms with E-state index in [0.29, 0.717) is 11.3 Å². The minimum absolute atomic E-state index is 0.265. The Morgan fingerprint density at radius 1 is 1.47 bits per heavy atom. The maximum absolute atomic E-state index is 5.48. The van der Waals surface area contributed by atoms with E-state index in [0.717, 1.165) is 11.4 Å². The average Bonchev–Trinajstić information content (AvgIpc) is 2.58. The van der Waals surface area contributed by atoms with Crippen LogP contribution in [0.15, 0.2) is 10.8 Å². The molecule has 0 amide bonds. The Kier molecular flexibility index (Phi) is 2.47. The fourth-order valence-electron chi connectivity index (χ4n) is 1.41. The Balaban J connectivity index is 2.29. The Morgan fingerprint density at radius 3 is 2.67 bits per heavy atom. The van der Waals surface area contributed by atoms with E-state index in [1.807, 2.05) is 24.7 Å². The molecule has 0 aromatic carbocycles. The summed E-state index contributed by atoms with van der Waals surface area (Å²) in [4.78, 5) is 3.96. The van der Waals surface area contributed by atoms with Gasteiger partial charge in [-0.15, -0.1) is 5.10 Å². The third-order valence-electron chi connectivity index (χ3n) is 2.05. The van der Waals surface area contributed by atoms with Crippen LogP contribution in [0.1, 0.15) is 11.4 Å². The number of hydrogen-bond donors (Lipinski definition) is 1. The number of anilines is 1. The summed E-state index contributed by atoms with van der Waals surface area (Å²) in [7, 11) is 1.90. The molecule has 0 saturated heterocycles. The molecule has 0 aliphatic heterocycles. The van der Waals surface area contributed by atoms with Crippen LogP contribution >= 0.6 is 15.9 Å². The average molecular weight is 271 g/mol. The van der Waals surface area contributed by atoms with Gasteiger partial charge in [0.05, 0.1) is 17.9 Å². The summed E-state index contributed by atoms with van der Waals surface area (Å²) in [6.45, 7) is 2.55. The first-order chi connectivity index (χ1) is 7.06. The first kappa shape index (κ1) is 10.2. The lowest BCUT2D eigenvalue weighted by Gasteiger charge is -2.01. The molecule has 80 valence electrons. The van der Waals surface area contributed by atoms with Crippen LogP contribution in [0, 0.1) is 6.92 Å². The van der Waals surface area contributed by atoms with Crippen molar-refractivity contribution in [2.24, 2.45) is 7.05 Å². The summed E-state index contributed by atoms with van der Waals surface area (Å²) in [5, 5.41) is 8.30. The molecule has 0 fully saturated rings. The molecule has 2 aromatic rings. The van der Waals surface area contributed by atoms with Gasteiger partial charge in [-0.2, -0.15) is 10.1 Å². The first-order valence-electron chi connectivity index (χ1n) is 4.41. The zero-order chi connectivity index (χ0) is 11.0. The highest BCUT2D eigenvalue weighted by Crippen LogP contribution is 2.11. The van der Waals surface area contributed by atoms with Crippen molar-refractivity contribution in [3.63, 3.8) is 0 Å². The van der Waals surface area contributed by atoms with Crippen LogP contribution in [0.25, 0.3) is 0 Å². The van der Waals surface area contributed by atoms with E-state index in [4.69, 9.17) is 5.73 Å². The molecule has 6 nitrogen and oxygen atoms in total. The number of nitrogens with two attached hydrogens (primary N) is 1. The van der Waals surface area contributed by atoms with Gasteiger partial charge < -0.3 is 5.73 Å². The van der Waals surface area contributed by atoms with Gasteiger partial charge in [0, 0.05) is 7.05 Å². The molecule has 0 aliphatic rings. The molecule has 15 heavy (non-hydrogen) atoms. The van der Waals surface area contributed by atoms with Crippen molar-refractivity contribution in [2.45, 2.75) is 13.5 Å². The minimum Gasteiger partial charge on any atom is -0.366 e. The van der Waals surface area contributed by atoms with Crippen LogP contribution in [0.5, 0.6) is 0 Å². The van der Waals surface area contributed by atoms with Crippen molar-refractivity contribution in [1.82, 2.24) is 24.5 Å². The topological polar surface area (TPSA) is 74.6 Å². The minimum atomic E-state index is 0.265. The number of aromatic nitrogens is 5. The summed E-state index contributed by atoms with van der Waals surface area (Å²) < 4.78 is 4.13. The highest BCUT2D eigenvalue weighted by Gasteiger charge is 2.08. The van der Waals surface area contributed by atoms with Gasteiger partial charge in [-0.1, -0.05) is 0 Å². The lowest BCUT2D eigenvalue weighted by Crippen LogP contribution is -2.07. The zero-order valence-corrected chi connectivity index (χ0v) is 10.1. The quantitative estimate of drug-likeness (QED) is 0.873. The molecule has 2 heterocycles. The van der Waals surface area contributed by atoms with Gasteiger partial charge in [0.25, 0.3) is 0 Å². The SMILES string of the molecule is Cc1cc(Cn2nc(N)nc2Br)n(C)n1. The highest BCUT2D eigenvalue weighted by molar-refractivity contribution is 9.10. The van der Waals surface area contributed by atoms with Crippen LogP contribution < -0.4 is 5.73 Å². The zero-order valence-electron chi connectivity index (χ0n) is 8.48.